The smallest absolute Gasteiger partial charge is 0.165 e. The summed E-state index contributed by atoms with van der Waals surface area (Å²) in [4.78, 5) is 1.91. The van der Waals surface area contributed by atoms with Gasteiger partial charge in [0.2, 0.25) is 0 Å². The van der Waals surface area contributed by atoms with E-state index in [1.54, 1.807) is 0 Å². The largest absolute Gasteiger partial charge is 0.505 e. The van der Waals surface area contributed by atoms with Gasteiger partial charge in [-0.1, -0.05) is 15.9 Å². The average molecular weight is 321 g/mol. The molecular weight excluding hydrogens is 306 g/mol. The normalized spacial score (nSPS) is 18.8. The first-order valence-corrected chi connectivity index (χ1v) is 6.62. The molecule has 0 radical (unpaired) electrons. The lowest BCUT2D eigenvalue weighted by molar-refractivity contribution is 0.144. The van der Waals surface area contributed by atoms with Gasteiger partial charge in [0.1, 0.15) is 6.67 Å². The second-order valence-corrected chi connectivity index (χ2v) is 5.10. The summed E-state index contributed by atoms with van der Waals surface area (Å²) in [5, 5.41) is 13.0. The van der Waals surface area contributed by atoms with Crippen molar-refractivity contribution in [2.45, 2.75) is 6.04 Å². The Labute approximate surface area is 113 Å². The third kappa shape index (κ3) is 2.65. The Bertz CT molecular complexity index is 425. The van der Waals surface area contributed by atoms with Gasteiger partial charge >= 0.3 is 0 Å². The molecular formula is C12H15BrF2N2O. The Kier molecular flexibility index (Phi) is 4.53. The van der Waals surface area contributed by atoms with E-state index in [0.717, 1.165) is 19.2 Å². The molecule has 1 fully saturated rings. The van der Waals surface area contributed by atoms with Crippen LogP contribution in [0.4, 0.5) is 8.78 Å². The topological polar surface area (TPSA) is 35.5 Å². The molecule has 1 heterocycles. The first kappa shape index (κ1) is 13.7. The van der Waals surface area contributed by atoms with Gasteiger partial charge < -0.3 is 10.4 Å². The Hall–Kier alpha value is -0.720. The Balaban J connectivity index is 2.34. The molecule has 0 spiro atoms. The van der Waals surface area contributed by atoms with E-state index in [2.05, 4.69) is 21.2 Å². The number of phenolic OH excluding ortho intramolecular Hbond substituents is 1. The minimum atomic E-state index is -0.721. The number of nitrogens with one attached hydrogen (secondary N) is 1. The average Bonchev–Trinajstić information content (AvgIpc) is 2.40. The molecule has 0 aromatic heterocycles. The van der Waals surface area contributed by atoms with Gasteiger partial charge in [-0.05, 0) is 12.1 Å². The Morgan fingerprint density at radius 3 is 2.67 bits per heavy atom. The summed E-state index contributed by atoms with van der Waals surface area (Å²) in [6.07, 6.45) is 0. The predicted molar refractivity (Wildman–Crippen MR) is 68.9 cm³/mol. The number of halogens is 3. The molecule has 6 heteroatoms. The molecule has 0 unspecified atom stereocenters. The van der Waals surface area contributed by atoms with Crippen molar-refractivity contribution in [2.75, 3.05) is 32.9 Å². The van der Waals surface area contributed by atoms with Crippen molar-refractivity contribution in [1.82, 2.24) is 10.2 Å². The van der Waals surface area contributed by atoms with Crippen LogP contribution < -0.4 is 5.32 Å². The number of alkyl halides is 1. The number of rotatable bonds is 3. The van der Waals surface area contributed by atoms with Crippen molar-refractivity contribution in [3.05, 3.63) is 28.0 Å². The highest BCUT2D eigenvalue weighted by Crippen LogP contribution is 2.37. The third-order valence-corrected chi connectivity index (χ3v) is 3.88. The van der Waals surface area contributed by atoms with E-state index in [4.69, 9.17) is 0 Å². The molecule has 2 N–H and O–H groups in total. The van der Waals surface area contributed by atoms with Crippen LogP contribution in [0.2, 0.25) is 0 Å². The lowest BCUT2D eigenvalue weighted by Crippen LogP contribution is -2.45. The highest BCUT2D eigenvalue weighted by Gasteiger charge is 2.27. The fourth-order valence-corrected chi connectivity index (χ4v) is 2.81. The molecule has 0 saturated carbocycles. The van der Waals surface area contributed by atoms with Crippen LogP contribution in [-0.2, 0) is 0 Å². The van der Waals surface area contributed by atoms with Gasteiger partial charge in [0.25, 0.3) is 0 Å². The van der Waals surface area contributed by atoms with Crippen LogP contribution in [0, 0.1) is 5.82 Å². The van der Waals surface area contributed by atoms with E-state index in [1.807, 2.05) is 4.90 Å². The van der Waals surface area contributed by atoms with Crippen LogP contribution in [0.1, 0.15) is 11.6 Å². The van der Waals surface area contributed by atoms with Gasteiger partial charge in [0.05, 0.1) is 6.04 Å². The second-order valence-electron chi connectivity index (χ2n) is 4.25. The van der Waals surface area contributed by atoms with Crippen LogP contribution in [0.5, 0.6) is 5.75 Å². The Morgan fingerprint density at radius 2 is 2.06 bits per heavy atom. The first-order valence-electron chi connectivity index (χ1n) is 5.82. The van der Waals surface area contributed by atoms with Crippen LogP contribution in [0.15, 0.2) is 16.6 Å². The molecule has 0 bridgehead atoms. The van der Waals surface area contributed by atoms with Gasteiger partial charge in [0.15, 0.2) is 11.6 Å². The zero-order valence-electron chi connectivity index (χ0n) is 9.80. The van der Waals surface area contributed by atoms with E-state index < -0.39 is 24.3 Å². The van der Waals surface area contributed by atoms with Gasteiger partial charge in [0, 0.05) is 36.2 Å². The fourth-order valence-electron chi connectivity index (χ4n) is 2.22. The van der Waals surface area contributed by atoms with E-state index in [0.29, 0.717) is 23.1 Å². The fraction of sp³-hybridized carbons (Fsp3) is 0.500. The molecule has 1 saturated heterocycles. The summed E-state index contributed by atoms with van der Waals surface area (Å²) in [6, 6.07) is 2.04. The zero-order chi connectivity index (χ0) is 13.1. The van der Waals surface area contributed by atoms with E-state index >= 15 is 0 Å². The van der Waals surface area contributed by atoms with Crippen molar-refractivity contribution in [2.24, 2.45) is 0 Å². The van der Waals surface area contributed by atoms with Crippen molar-refractivity contribution in [1.29, 1.82) is 0 Å². The standard InChI is InChI=1S/C12H15BrF2N2O/c13-8-1-2-9(15)12(18)11(8)10(7-14)17-5-3-16-4-6-17/h1-2,10,16,18H,3-7H2/t10-/m0/s1. The molecule has 1 aliphatic heterocycles. The lowest BCUT2D eigenvalue weighted by Gasteiger charge is -2.34. The maximum absolute atomic E-state index is 13.4. The van der Waals surface area contributed by atoms with Crippen LogP contribution >= 0.6 is 15.9 Å². The number of hydrogen-bond donors (Lipinski definition) is 2. The second kappa shape index (κ2) is 5.95. The SMILES string of the molecule is Oc1c(F)ccc(Br)c1[C@H](CF)N1CCNCC1. The summed E-state index contributed by atoms with van der Waals surface area (Å²) in [5.41, 5.74) is 0.291. The van der Waals surface area contributed by atoms with E-state index in [-0.39, 0.29) is 0 Å². The number of aromatic hydroxyl groups is 1. The van der Waals surface area contributed by atoms with Crippen molar-refractivity contribution < 1.29 is 13.9 Å². The van der Waals surface area contributed by atoms with Gasteiger partial charge in [-0.25, -0.2) is 8.78 Å². The number of phenols is 1. The highest BCUT2D eigenvalue weighted by molar-refractivity contribution is 9.10. The summed E-state index contributed by atoms with van der Waals surface area (Å²) >= 11 is 3.25. The maximum Gasteiger partial charge on any atom is 0.165 e. The molecule has 1 aromatic carbocycles. The maximum atomic E-state index is 13.4. The molecule has 1 aromatic rings. The van der Waals surface area contributed by atoms with Crippen molar-refractivity contribution in [3.63, 3.8) is 0 Å². The predicted octanol–water partition coefficient (Wildman–Crippen LogP) is 2.21. The number of piperazine rings is 1. The molecule has 1 aliphatic rings. The molecule has 0 aliphatic carbocycles. The minimum absolute atomic E-state index is 0.291. The molecule has 2 rings (SSSR count). The van der Waals surface area contributed by atoms with Gasteiger partial charge in [-0.15, -0.1) is 0 Å². The van der Waals surface area contributed by atoms with Crippen LogP contribution in [-0.4, -0.2) is 42.9 Å². The monoisotopic (exact) mass is 320 g/mol. The summed E-state index contributed by atoms with van der Waals surface area (Å²) in [6.45, 7) is 2.23. The third-order valence-electron chi connectivity index (χ3n) is 3.19. The summed E-state index contributed by atoms with van der Waals surface area (Å²) < 4.78 is 27.2. The van der Waals surface area contributed by atoms with Crippen LogP contribution in [0.25, 0.3) is 0 Å². The molecule has 3 nitrogen and oxygen atoms in total. The Morgan fingerprint density at radius 1 is 1.39 bits per heavy atom. The number of hydrogen-bond acceptors (Lipinski definition) is 3. The van der Waals surface area contributed by atoms with E-state index in [9.17, 15) is 13.9 Å². The lowest BCUT2D eigenvalue weighted by atomic mass is 10.0. The first-order chi connectivity index (χ1) is 8.65. The van der Waals surface area contributed by atoms with Crippen molar-refractivity contribution in [3.8, 4) is 5.75 Å². The minimum Gasteiger partial charge on any atom is -0.505 e. The molecule has 1 atom stereocenters. The number of benzene rings is 1. The zero-order valence-corrected chi connectivity index (χ0v) is 11.4. The van der Waals surface area contributed by atoms with Crippen molar-refractivity contribution >= 4 is 15.9 Å². The molecule has 100 valence electrons. The highest BCUT2D eigenvalue weighted by atomic mass is 79.9. The summed E-state index contributed by atoms with van der Waals surface area (Å²) in [5.74, 6) is -1.19. The van der Waals surface area contributed by atoms with E-state index in [1.165, 1.54) is 6.07 Å². The molecule has 18 heavy (non-hydrogen) atoms. The quantitative estimate of drug-likeness (QED) is 0.896. The molecule has 0 amide bonds. The number of nitrogens with zero attached hydrogens (tertiary/aromatic N) is 1. The van der Waals surface area contributed by atoms with Crippen LogP contribution in [0.3, 0.4) is 0 Å². The van der Waals surface area contributed by atoms with Gasteiger partial charge in [-0.3, -0.25) is 4.90 Å². The summed E-state index contributed by atoms with van der Waals surface area (Å²) in [7, 11) is 0. The van der Waals surface area contributed by atoms with Gasteiger partial charge in [-0.2, -0.15) is 0 Å².